The summed E-state index contributed by atoms with van der Waals surface area (Å²) in [5.74, 6) is -7.67. The minimum atomic E-state index is -1.45. The quantitative estimate of drug-likeness (QED) is 0.0193. The highest BCUT2D eigenvalue weighted by molar-refractivity contribution is 6.00. The van der Waals surface area contributed by atoms with Crippen LogP contribution in [-0.2, 0) is 83.2 Å². The van der Waals surface area contributed by atoms with Crippen LogP contribution < -0.4 is 53.6 Å². The minimum Gasteiger partial charge on any atom is -0.508 e. The van der Waals surface area contributed by atoms with E-state index >= 15 is 0 Å². The highest BCUT2D eigenvalue weighted by Gasteiger charge is 2.40. The lowest BCUT2D eigenvalue weighted by atomic mass is 10.0. The monoisotopic (exact) mass is 1240 g/mol. The Kier molecular flexibility index (Phi) is 24.3. The fourth-order valence-electron chi connectivity index (χ4n) is 10.6. The standard InChI is InChI=1S/C63H78N12O15/c1-35(67-56(82)44(64)28-38-18-22-41(77)23-19-38)54(80)71-47(29-37-12-5-4-6-13-37)59(85)68-36(2)55(81)73-49(30-39-20-24-42(78)25-21-39)62(88)75-27-11-17-52(75)61(87)74-51(34-76)57(83)65-26-10-9-16-46-58(84)72-48(60(86)70-46)32-53(79)69-50(63(89)90-3)31-40-33-66-45-15-8-7-14-43(40)45/h4-8,12-15,18-25,33,35-36,44,46-52,66,76-78H,9-11,16-17,26-32,34,64H2,1-3H3,(H,65,83)(H,67,82)(H,68,85)(H,69,79)(H,70,86)(H,71,80)(H,72,84)(H,73,81)(H,74,87)/t35-,36-,44+,46-,47+,48-,49+,50+,51+,52+/m1/s1. The van der Waals surface area contributed by atoms with E-state index in [-0.39, 0.29) is 63.1 Å². The van der Waals surface area contributed by atoms with E-state index in [1.165, 1.54) is 50.1 Å². The molecule has 1 aromatic heterocycles. The number of benzene rings is 4. The largest absolute Gasteiger partial charge is 0.508 e. The van der Waals surface area contributed by atoms with Gasteiger partial charge in [-0.05, 0) is 105 Å². The molecule has 2 fully saturated rings. The van der Waals surface area contributed by atoms with E-state index in [0.717, 1.165) is 16.5 Å². The number of aliphatic hydroxyl groups is 1. The molecule has 3 heterocycles. The molecule has 2 saturated heterocycles. The number of esters is 1. The first-order valence-corrected chi connectivity index (χ1v) is 29.7. The molecular formula is C63H78N12O15. The molecule has 2 aliphatic heterocycles. The second-order valence-corrected chi connectivity index (χ2v) is 22.4. The summed E-state index contributed by atoms with van der Waals surface area (Å²) >= 11 is 0. The van der Waals surface area contributed by atoms with Crippen LogP contribution in [0.25, 0.3) is 10.9 Å². The number of phenols is 2. The molecule has 90 heavy (non-hydrogen) atoms. The first-order chi connectivity index (χ1) is 43.1. The number of piperazine rings is 1. The van der Waals surface area contributed by atoms with Gasteiger partial charge in [0.2, 0.25) is 59.1 Å². The smallest absolute Gasteiger partial charge is 0.328 e. The number of nitrogens with zero attached hydrogens (tertiary/aromatic N) is 1. The van der Waals surface area contributed by atoms with Crippen molar-refractivity contribution in [1.29, 1.82) is 0 Å². The third-order valence-corrected chi connectivity index (χ3v) is 15.6. The zero-order valence-electron chi connectivity index (χ0n) is 50.1. The molecule has 0 unspecified atom stereocenters. The van der Waals surface area contributed by atoms with Crippen LogP contribution in [-0.4, -0.2) is 177 Å². The highest BCUT2D eigenvalue weighted by atomic mass is 16.5. The van der Waals surface area contributed by atoms with Gasteiger partial charge in [-0.3, -0.25) is 47.9 Å². The Morgan fingerprint density at radius 3 is 1.86 bits per heavy atom. The van der Waals surface area contributed by atoms with Crippen LogP contribution in [0.5, 0.6) is 11.5 Å². The van der Waals surface area contributed by atoms with Gasteiger partial charge < -0.3 is 83.5 Å². The van der Waals surface area contributed by atoms with Gasteiger partial charge in [0.25, 0.3) is 0 Å². The highest BCUT2D eigenvalue weighted by Crippen LogP contribution is 2.23. The fourth-order valence-corrected chi connectivity index (χ4v) is 10.6. The fraction of sp³-hybridized carbons (Fsp3) is 0.413. The predicted octanol–water partition coefficient (Wildman–Crippen LogP) is -1.06. The van der Waals surface area contributed by atoms with Crippen LogP contribution in [0.1, 0.15) is 74.6 Å². The van der Waals surface area contributed by atoms with E-state index in [1.807, 2.05) is 24.3 Å². The number of carbonyl (C=O) groups excluding carboxylic acids is 11. The van der Waals surface area contributed by atoms with Crippen LogP contribution in [0, 0.1) is 0 Å². The van der Waals surface area contributed by atoms with Crippen molar-refractivity contribution in [3.8, 4) is 11.5 Å². The van der Waals surface area contributed by atoms with E-state index in [1.54, 1.807) is 60.8 Å². The molecule has 0 aliphatic carbocycles. The number of para-hydroxylation sites is 1. The lowest BCUT2D eigenvalue weighted by Crippen LogP contribution is -2.62. The van der Waals surface area contributed by atoms with Crippen molar-refractivity contribution in [3.63, 3.8) is 0 Å². The molecule has 4 aromatic carbocycles. The summed E-state index contributed by atoms with van der Waals surface area (Å²) in [7, 11) is 1.19. The number of aromatic hydroxyl groups is 2. The number of H-pyrrole nitrogens is 1. The van der Waals surface area contributed by atoms with Gasteiger partial charge in [0.05, 0.1) is 26.2 Å². The average Bonchev–Trinajstić information content (AvgIpc) is 1.96. The lowest BCUT2D eigenvalue weighted by molar-refractivity contribution is -0.145. The number of methoxy groups -OCH3 is 1. The summed E-state index contributed by atoms with van der Waals surface area (Å²) in [6, 6.07) is 16.2. The molecule has 27 heteroatoms. The Hall–Kier alpha value is -9.89. The zero-order chi connectivity index (χ0) is 65.0. The van der Waals surface area contributed by atoms with Crippen molar-refractivity contribution in [1.82, 2.24) is 57.7 Å². The number of ether oxygens (including phenoxy) is 1. The SMILES string of the molecule is COC(=O)[C@H](Cc1c[nH]c2ccccc12)NC(=O)C[C@H]1NC(=O)[C@@H](CCCCNC(=O)[C@H](CO)NC(=O)[C@@H]2CCCN2C(=O)[C@H](Cc2ccc(O)cc2)NC(=O)[C@@H](C)NC(=O)[C@H](Cc2ccccc2)NC(=O)[C@@H](C)NC(=O)[C@@H](N)Cc2ccc(O)cc2)NC1=O. The number of hydrogen-bond acceptors (Lipinski definition) is 16. The summed E-state index contributed by atoms with van der Waals surface area (Å²) in [5, 5.41) is 54.3. The van der Waals surface area contributed by atoms with Crippen molar-refractivity contribution in [2.75, 3.05) is 26.8 Å². The van der Waals surface area contributed by atoms with Gasteiger partial charge in [0.1, 0.15) is 65.9 Å². The summed E-state index contributed by atoms with van der Waals surface area (Å²) in [6.07, 6.45) is 2.66. The van der Waals surface area contributed by atoms with Crippen molar-refractivity contribution < 1.29 is 72.8 Å². The van der Waals surface area contributed by atoms with Gasteiger partial charge in [-0.1, -0.05) is 72.8 Å². The number of nitrogens with two attached hydrogens (primary N) is 1. The van der Waals surface area contributed by atoms with E-state index in [4.69, 9.17) is 10.5 Å². The number of amides is 10. The molecule has 0 spiro atoms. The summed E-state index contributed by atoms with van der Waals surface area (Å²) in [4.78, 5) is 153. The third kappa shape index (κ3) is 19.1. The molecule has 0 radical (unpaired) electrons. The lowest BCUT2D eigenvalue weighted by Gasteiger charge is -2.30. The number of rotatable bonds is 30. The number of fused-ring (bicyclic) bond motifs is 1. The molecule has 15 N–H and O–H groups in total. The maximum absolute atomic E-state index is 14.6. The van der Waals surface area contributed by atoms with Crippen LogP contribution in [0.15, 0.2) is 109 Å². The van der Waals surface area contributed by atoms with Gasteiger partial charge >= 0.3 is 5.97 Å². The predicted molar refractivity (Wildman–Crippen MR) is 326 cm³/mol. The van der Waals surface area contributed by atoms with E-state index in [9.17, 15) is 68.1 Å². The first-order valence-electron chi connectivity index (χ1n) is 29.7. The average molecular weight is 1240 g/mol. The number of hydrogen-bond donors (Lipinski definition) is 14. The van der Waals surface area contributed by atoms with Crippen molar-refractivity contribution in [2.24, 2.45) is 5.73 Å². The first kappa shape index (κ1) is 67.6. The summed E-state index contributed by atoms with van der Waals surface area (Å²) < 4.78 is 4.92. The number of aliphatic hydroxyl groups excluding tert-OH is 1. The van der Waals surface area contributed by atoms with Crippen LogP contribution in [0.3, 0.4) is 0 Å². The Labute approximate surface area is 518 Å². The molecule has 0 saturated carbocycles. The Morgan fingerprint density at radius 1 is 0.622 bits per heavy atom. The molecule has 10 atom stereocenters. The van der Waals surface area contributed by atoms with Gasteiger partial charge in [0, 0.05) is 49.5 Å². The molecule has 480 valence electrons. The second kappa shape index (κ2) is 32.4. The van der Waals surface area contributed by atoms with E-state index in [2.05, 4.69) is 52.8 Å². The van der Waals surface area contributed by atoms with Gasteiger partial charge in [-0.2, -0.15) is 0 Å². The van der Waals surface area contributed by atoms with Crippen LogP contribution >= 0.6 is 0 Å². The van der Waals surface area contributed by atoms with Crippen molar-refractivity contribution >= 4 is 75.9 Å². The number of unbranched alkanes of at least 4 members (excludes halogenated alkanes) is 1. The van der Waals surface area contributed by atoms with E-state index in [0.29, 0.717) is 36.0 Å². The molecule has 5 aromatic rings. The maximum atomic E-state index is 14.6. The van der Waals surface area contributed by atoms with E-state index < -0.39 is 138 Å². The Morgan fingerprint density at radius 2 is 1.20 bits per heavy atom. The molecule has 7 rings (SSSR count). The molecule has 10 amide bonds. The van der Waals surface area contributed by atoms with Crippen LogP contribution in [0.2, 0.25) is 0 Å². The van der Waals surface area contributed by atoms with Crippen molar-refractivity contribution in [3.05, 3.63) is 132 Å². The van der Waals surface area contributed by atoms with Gasteiger partial charge in [0.15, 0.2) is 0 Å². The third-order valence-electron chi connectivity index (χ3n) is 15.6. The molecular weight excluding hydrogens is 1160 g/mol. The number of likely N-dealkylation sites (tertiary alicyclic amines) is 1. The summed E-state index contributed by atoms with van der Waals surface area (Å²) in [5.41, 5.74) is 9.57. The number of carbonyl (C=O) groups is 11. The number of phenolic OH excluding ortho intramolecular Hbond substituents is 2. The zero-order valence-corrected chi connectivity index (χ0v) is 50.1. The number of aromatic nitrogens is 1. The molecule has 2 aliphatic rings. The van der Waals surface area contributed by atoms with Gasteiger partial charge in [-0.15, -0.1) is 0 Å². The number of nitrogens with one attached hydrogen (secondary N) is 10. The Balaban J connectivity index is 0.885. The number of aromatic amines is 1. The van der Waals surface area contributed by atoms with Gasteiger partial charge in [-0.25, -0.2) is 4.79 Å². The van der Waals surface area contributed by atoms with Crippen LogP contribution in [0.4, 0.5) is 0 Å². The topological polar surface area (TPSA) is 411 Å². The Bertz CT molecular complexity index is 3360. The molecule has 27 nitrogen and oxygen atoms in total. The summed E-state index contributed by atoms with van der Waals surface area (Å²) in [6.45, 7) is 2.09. The van der Waals surface area contributed by atoms with Crippen molar-refractivity contribution in [2.45, 2.75) is 138 Å². The minimum absolute atomic E-state index is 0.0250. The maximum Gasteiger partial charge on any atom is 0.328 e. The normalized spacial score (nSPS) is 17.7. The second-order valence-electron chi connectivity index (χ2n) is 22.4. The molecule has 0 bridgehead atoms.